The molecule has 1 N–H and O–H groups in total. The zero-order valence-corrected chi connectivity index (χ0v) is 15.8. The fraction of sp³-hybridized carbons (Fsp3) is 0.0870. The van der Waals surface area contributed by atoms with E-state index in [9.17, 15) is 4.79 Å². The lowest BCUT2D eigenvalue weighted by atomic mass is 10.1. The van der Waals surface area contributed by atoms with Gasteiger partial charge in [0.1, 0.15) is 5.75 Å². The first kappa shape index (κ1) is 18.4. The highest BCUT2D eigenvalue weighted by Crippen LogP contribution is 2.26. The summed E-state index contributed by atoms with van der Waals surface area (Å²) < 4.78 is 11.2. The van der Waals surface area contributed by atoms with Gasteiger partial charge in [0.2, 0.25) is 18.4 Å². The maximum absolute atomic E-state index is 13.0. The molecule has 0 saturated heterocycles. The zero-order chi connectivity index (χ0) is 20.1. The zero-order valence-electron chi connectivity index (χ0n) is 15.8. The molecule has 1 heterocycles. The van der Waals surface area contributed by atoms with Gasteiger partial charge >= 0.3 is 0 Å². The summed E-state index contributed by atoms with van der Waals surface area (Å²) in [5.41, 5.74) is 3.38. The van der Waals surface area contributed by atoms with Gasteiger partial charge in [-0.05, 0) is 43.3 Å². The number of anilines is 1. The molecule has 0 fully saturated rings. The Morgan fingerprint density at radius 3 is 2.34 bits per heavy atom. The first-order valence-corrected chi connectivity index (χ1v) is 9.15. The van der Waals surface area contributed by atoms with Crippen molar-refractivity contribution < 1.29 is 13.9 Å². The van der Waals surface area contributed by atoms with Gasteiger partial charge in [-0.1, -0.05) is 48.0 Å². The van der Waals surface area contributed by atoms with E-state index in [1.54, 1.807) is 12.1 Å². The fourth-order valence-corrected chi connectivity index (χ4v) is 2.86. The summed E-state index contributed by atoms with van der Waals surface area (Å²) in [6.07, 6.45) is 0.479. The van der Waals surface area contributed by atoms with Crippen LogP contribution in [0.4, 0.5) is 5.69 Å². The molecule has 0 aliphatic carbocycles. The molecule has 3 aromatic carbocycles. The van der Waals surface area contributed by atoms with Gasteiger partial charge in [0, 0.05) is 16.8 Å². The molecule has 144 valence electrons. The number of ether oxygens (including phenoxy) is 1. The van der Waals surface area contributed by atoms with E-state index in [0.717, 1.165) is 22.4 Å². The quantitative estimate of drug-likeness (QED) is 0.516. The smallest absolute Gasteiger partial charge is 0.270 e. The lowest BCUT2D eigenvalue weighted by Gasteiger charge is -2.19. The molecule has 1 aromatic heterocycles. The van der Waals surface area contributed by atoms with Crippen LogP contribution in [0.3, 0.4) is 0 Å². The highest BCUT2D eigenvalue weighted by molar-refractivity contribution is 5.95. The molecule has 0 saturated carbocycles. The maximum atomic E-state index is 13.0. The van der Waals surface area contributed by atoms with E-state index in [-0.39, 0.29) is 5.91 Å². The van der Waals surface area contributed by atoms with Crippen LogP contribution in [0.25, 0.3) is 11.5 Å². The number of amides is 1. The monoisotopic (exact) mass is 385 g/mol. The molecule has 29 heavy (non-hydrogen) atoms. The molecule has 0 spiro atoms. The lowest BCUT2D eigenvalue weighted by Crippen LogP contribution is -2.25. The van der Waals surface area contributed by atoms with Gasteiger partial charge in [-0.15, -0.1) is 10.2 Å². The molecule has 0 aliphatic heterocycles. The summed E-state index contributed by atoms with van der Waals surface area (Å²) in [5, 5.41) is 10.5. The van der Waals surface area contributed by atoms with Crippen molar-refractivity contribution in [2.45, 2.75) is 13.0 Å². The predicted molar refractivity (Wildman–Crippen MR) is 109 cm³/mol. The Bertz CT molecular complexity index is 1060. The summed E-state index contributed by atoms with van der Waals surface area (Å²) in [7, 11) is 0. The Morgan fingerprint density at radius 1 is 0.966 bits per heavy atom. The Balaban J connectivity index is 1.56. The molecule has 4 aromatic rings. The third kappa shape index (κ3) is 4.50. The topological polar surface area (TPSA) is 77.2 Å². The number of carbonyl (C=O) groups is 1. The van der Waals surface area contributed by atoms with Crippen molar-refractivity contribution in [1.29, 1.82) is 0 Å². The van der Waals surface area contributed by atoms with Crippen molar-refractivity contribution in [2.75, 3.05) is 5.32 Å². The molecule has 1 atom stereocenters. The molecule has 6 heteroatoms. The molecular formula is C23H19N3O3. The Hall–Kier alpha value is -3.93. The van der Waals surface area contributed by atoms with Crippen molar-refractivity contribution in [3.05, 3.63) is 96.4 Å². The fourth-order valence-electron chi connectivity index (χ4n) is 2.86. The molecule has 6 nitrogen and oxygen atoms in total. The number of hydrogen-bond acceptors (Lipinski definition) is 5. The number of nitrogens with one attached hydrogen (secondary N) is 1. The second-order valence-corrected chi connectivity index (χ2v) is 6.53. The average molecular weight is 385 g/mol. The van der Waals surface area contributed by atoms with Gasteiger partial charge in [-0.2, -0.15) is 0 Å². The lowest BCUT2D eigenvalue weighted by molar-refractivity contribution is -0.123. The average Bonchev–Trinajstić information content (AvgIpc) is 3.29. The van der Waals surface area contributed by atoms with E-state index in [0.29, 0.717) is 11.6 Å². The number of benzene rings is 3. The third-order valence-electron chi connectivity index (χ3n) is 4.37. The standard InChI is InChI=1S/C23H19N3O3/c1-16-7-11-19(12-8-16)25-22(27)21(17-5-3-2-4-6-17)29-20-13-9-18(10-14-20)23-26-24-15-28-23/h2-15,21H,1H3,(H,25,27). The van der Waals surface area contributed by atoms with Crippen LogP contribution in [0.5, 0.6) is 5.75 Å². The molecule has 0 bridgehead atoms. The minimum absolute atomic E-state index is 0.249. The molecule has 4 rings (SSSR count). The molecule has 0 radical (unpaired) electrons. The van der Waals surface area contributed by atoms with Crippen molar-refractivity contribution >= 4 is 11.6 Å². The van der Waals surface area contributed by atoms with Crippen LogP contribution < -0.4 is 10.1 Å². The maximum Gasteiger partial charge on any atom is 0.270 e. The van der Waals surface area contributed by atoms with Crippen molar-refractivity contribution in [1.82, 2.24) is 10.2 Å². The van der Waals surface area contributed by atoms with Crippen LogP contribution in [0.1, 0.15) is 17.2 Å². The van der Waals surface area contributed by atoms with Gasteiger partial charge in [0.25, 0.3) is 5.91 Å². The minimum Gasteiger partial charge on any atom is -0.476 e. The number of hydrogen-bond donors (Lipinski definition) is 1. The highest BCUT2D eigenvalue weighted by Gasteiger charge is 2.23. The van der Waals surface area contributed by atoms with Gasteiger partial charge in [-0.25, -0.2) is 0 Å². The SMILES string of the molecule is Cc1ccc(NC(=O)C(Oc2ccc(-c3nnco3)cc2)c2ccccc2)cc1. The third-order valence-corrected chi connectivity index (χ3v) is 4.37. The Morgan fingerprint density at radius 2 is 1.69 bits per heavy atom. The van der Waals surface area contributed by atoms with Crippen molar-refractivity contribution in [2.24, 2.45) is 0 Å². The van der Waals surface area contributed by atoms with Crippen LogP contribution in [-0.2, 0) is 4.79 Å². The van der Waals surface area contributed by atoms with Crippen LogP contribution in [0.15, 0.2) is 89.7 Å². The van der Waals surface area contributed by atoms with Gasteiger partial charge in [0.15, 0.2) is 0 Å². The largest absolute Gasteiger partial charge is 0.476 e. The number of carbonyl (C=O) groups excluding carboxylic acids is 1. The van der Waals surface area contributed by atoms with Crippen molar-refractivity contribution in [3.63, 3.8) is 0 Å². The normalized spacial score (nSPS) is 11.6. The van der Waals surface area contributed by atoms with Gasteiger partial charge in [0.05, 0.1) is 0 Å². The van der Waals surface area contributed by atoms with Gasteiger partial charge < -0.3 is 14.5 Å². The van der Waals surface area contributed by atoms with E-state index in [2.05, 4.69) is 15.5 Å². The Labute approximate surface area is 168 Å². The van der Waals surface area contributed by atoms with E-state index in [1.165, 1.54) is 6.39 Å². The highest BCUT2D eigenvalue weighted by atomic mass is 16.5. The van der Waals surface area contributed by atoms with E-state index < -0.39 is 6.10 Å². The van der Waals surface area contributed by atoms with Crippen LogP contribution in [0, 0.1) is 6.92 Å². The number of aromatic nitrogens is 2. The second kappa shape index (κ2) is 8.39. The van der Waals surface area contributed by atoms with Gasteiger partial charge in [-0.3, -0.25) is 4.79 Å². The Kier molecular flexibility index (Phi) is 5.33. The summed E-state index contributed by atoms with van der Waals surface area (Å²) in [6, 6.07) is 24.2. The summed E-state index contributed by atoms with van der Waals surface area (Å²) in [5.74, 6) is 0.732. The number of rotatable bonds is 6. The first-order chi connectivity index (χ1) is 14.2. The summed E-state index contributed by atoms with van der Waals surface area (Å²) in [6.45, 7) is 2.00. The minimum atomic E-state index is -0.799. The second-order valence-electron chi connectivity index (χ2n) is 6.53. The van der Waals surface area contributed by atoms with E-state index >= 15 is 0 Å². The van der Waals surface area contributed by atoms with Crippen molar-refractivity contribution in [3.8, 4) is 17.2 Å². The summed E-state index contributed by atoms with van der Waals surface area (Å²) in [4.78, 5) is 13.0. The number of nitrogens with zero attached hydrogens (tertiary/aromatic N) is 2. The predicted octanol–water partition coefficient (Wildman–Crippen LogP) is 4.80. The van der Waals surface area contributed by atoms with Crippen LogP contribution in [-0.4, -0.2) is 16.1 Å². The first-order valence-electron chi connectivity index (χ1n) is 9.15. The molecule has 1 amide bonds. The van der Waals surface area contributed by atoms with E-state index in [4.69, 9.17) is 9.15 Å². The van der Waals surface area contributed by atoms with E-state index in [1.807, 2.05) is 73.7 Å². The number of aryl methyl sites for hydroxylation is 1. The summed E-state index contributed by atoms with van der Waals surface area (Å²) >= 11 is 0. The molecular weight excluding hydrogens is 366 g/mol. The van der Waals surface area contributed by atoms with Crippen LogP contribution >= 0.6 is 0 Å². The van der Waals surface area contributed by atoms with Crippen LogP contribution in [0.2, 0.25) is 0 Å². The molecule has 0 aliphatic rings. The molecule has 1 unspecified atom stereocenters.